The van der Waals surface area contributed by atoms with Gasteiger partial charge in [0.1, 0.15) is 11.5 Å². The first kappa shape index (κ1) is 15.5. The molecular formula is C16H24ClNO2. The van der Waals surface area contributed by atoms with Gasteiger partial charge in [-0.1, -0.05) is 6.07 Å². The summed E-state index contributed by atoms with van der Waals surface area (Å²) in [4.78, 5) is 2.50. The van der Waals surface area contributed by atoms with Gasteiger partial charge in [0, 0.05) is 11.9 Å². The summed E-state index contributed by atoms with van der Waals surface area (Å²) in [5.74, 6) is 3.17. The Kier molecular flexibility index (Phi) is 6.48. The molecule has 0 saturated carbocycles. The molecule has 112 valence electrons. The van der Waals surface area contributed by atoms with Crippen molar-refractivity contribution in [2.45, 2.75) is 19.3 Å². The lowest BCUT2D eigenvalue weighted by atomic mass is 9.98. The highest BCUT2D eigenvalue weighted by molar-refractivity contribution is 6.17. The Morgan fingerprint density at radius 1 is 1.25 bits per heavy atom. The van der Waals surface area contributed by atoms with Gasteiger partial charge in [-0.25, -0.2) is 0 Å². The zero-order chi connectivity index (χ0) is 14.2. The van der Waals surface area contributed by atoms with E-state index in [1.807, 2.05) is 24.3 Å². The van der Waals surface area contributed by atoms with Crippen molar-refractivity contribution >= 4 is 11.6 Å². The van der Waals surface area contributed by atoms with Gasteiger partial charge in [0.25, 0.3) is 0 Å². The number of nitrogens with zero attached hydrogens (tertiary/aromatic N) is 1. The van der Waals surface area contributed by atoms with Gasteiger partial charge < -0.3 is 14.4 Å². The van der Waals surface area contributed by atoms with Gasteiger partial charge in [-0.15, -0.1) is 11.6 Å². The molecular weight excluding hydrogens is 274 g/mol. The van der Waals surface area contributed by atoms with Crippen molar-refractivity contribution in [3.05, 3.63) is 24.3 Å². The number of hydrogen-bond acceptors (Lipinski definition) is 3. The van der Waals surface area contributed by atoms with Crippen LogP contribution in [0.4, 0.5) is 0 Å². The molecule has 20 heavy (non-hydrogen) atoms. The molecule has 0 bridgehead atoms. The van der Waals surface area contributed by atoms with Crippen molar-refractivity contribution in [3.8, 4) is 11.5 Å². The number of benzene rings is 1. The van der Waals surface area contributed by atoms with E-state index in [4.69, 9.17) is 21.1 Å². The van der Waals surface area contributed by atoms with Crippen molar-refractivity contribution < 1.29 is 9.47 Å². The fourth-order valence-corrected chi connectivity index (χ4v) is 2.68. The summed E-state index contributed by atoms with van der Waals surface area (Å²) in [6.07, 6.45) is 3.52. The molecule has 4 heteroatoms. The normalized spacial score (nSPS) is 17.1. The Balaban J connectivity index is 1.70. The summed E-state index contributed by atoms with van der Waals surface area (Å²) in [5.41, 5.74) is 0. The van der Waals surface area contributed by atoms with Gasteiger partial charge in [0.05, 0.1) is 13.7 Å². The molecule has 1 fully saturated rings. The van der Waals surface area contributed by atoms with E-state index < -0.39 is 0 Å². The summed E-state index contributed by atoms with van der Waals surface area (Å²) in [6.45, 7) is 4.27. The smallest absolute Gasteiger partial charge is 0.122 e. The molecule has 1 saturated heterocycles. The standard InChI is InChI=1S/C16H24ClNO2/c1-19-15-4-2-5-16(12-15)20-13-14-6-10-18(11-7-14)9-3-8-17/h2,4-5,12,14H,3,6-11,13H2,1H3. The maximum atomic E-state index is 5.88. The third-order valence-corrected chi connectivity index (χ3v) is 4.11. The molecule has 0 radical (unpaired) electrons. The lowest BCUT2D eigenvalue weighted by molar-refractivity contribution is 0.141. The van der Waals surface area contributed by atoms with E-state index in [9.17, 15) is 0 Å². The van der Waals surface area contributed by atoms with Crippen molar-refractivity contribution in [1.29, 1.82) is 0 Å². The molecule has 0 atom stereocenters. The number of methoxy groups -OCH3 is 1. The Morgan fingerprint density at radius 3 is 2.70 bits per heavy atom. The van der Waals surface area contributed by atoms with Crippen molar-refractivity contribution in [2.75, 3.05) is 39.2 Å². The van der Waals surface area contributed by atoms with Crippen LogP contribution in [0.1, 0.15) is 19.3 Å². The minimum absolute atomic E-state index is 0.661. The molecule has 3 nitrogen and oxygen atoms in total. The van der Waals surface area contributed by atoms with Crippen molar-refractivity contribution in [1.82, 2.24) is 4.90 Å². The second-order valence-corrected chi connectivity index (χ2v) is 5.70. The van der Waals surface area contributed by atoms with E-state index in [2.05, 4.69) is 4.90 Å². The van der Waals surface area contributed by atoms with Crippen LogP contribution in [0.25, 0.3) is 0 Å². The fourth-order valence-electron chi connectivity index (χ4n) is 2.57. The third kappa shape index (κ3) is 4.88. The molecule has 1 aromatic rings. The predicted molar refractivity (Wildman–Crippen MR) is 83.0 cm³/mol. The van der Waals surface area contributed by atoms with E-state index >= 15 is 0 Å². The summed E-state index contributed by atoms with van der Waals surface area (Å²) in [5, 5.41) is 0. The SMILES string of the molecule is COc1cccc(OCC2CCN(CCCCl)CC2)c1. The molecule has 0 aliphatic carbocycles. The van der Waals surface area contributed by atoms with Crippen LogP contribution in [-0.2, 0) is 0 Å². The first-order chi connectivity index (χ1) is 9.81. The van der Waals surface area contributed by atoms with Crippen LogP contribution in [0.3, 0.4) is 0 Å². The summed E-state index contributed by atoms with van der Waals surface area (Å²) in [7, 11) is 1.68. The average molecular weight is 298 g/mol. The fraction of sp³-hybridized carbons (Fsp3) is 0.625. The van der Waals surface area contributed by atoms with E-state index in [1.54, 1.807) is 7.11 Å². The van der Waals surface area contributed by atoms with E-state index in [1.165, 1.54) is 25.9 Å². The number of piperidine rings is 1. The quantitative estimate of drug-likeness (QED) is 0.720. The van der Waals surface area contributed by atoms with Crippen LogP contribution >= 0.6 is 11.6 Å². The average Bonchev–Trinajstić information content (AvgIpc) is 2.52. The minimum atomic E-state index is 0.661. The molecule has 0 aromatic heterocycles. The lowest BCUT2D eigenvalue weighted by Gasteiger charge is -2.31. The van der Waals surface area contributed by atoms with Crippen LogP contribution in [0, 0.1) is 5.92 Å². The summed E-state index contributed by atoms with van der Waals surface area (Å²) >= 11 is 5.73. The Bertz CT molecular complexity index is 392. The molecule has 0 amide bonds. The van der Waals surface area contributed by atoms with Crippen LogP contribution in [-0.4, -0.2) is 44.1 Å². The zero-order valence-electron chi connectivity index (χ0n) is 12.2. The number of likely N-dealkylation sites (tertiary alicyclic amines) is 1. The first-order valence-electron chi connectivity index (χ1n) is 7.37. The monoisotopic (exact) mass is 297 g/mol. The van der Waals surface area contributed by atoms with Crippen LogP contribution < -0.4 is 9.47 Å². The number of ether oxygens (including phenoxy) is 2. The maximum absolute atomic E-state index is 5.88. The molecule has 0 spiro atoms. The van der Waals surface area contributed by atoms with Crippen molar-refractivity contribution in [3.63, 3.8) is 0 Å². The summed E-state index contributed by atoms with van der Waals surface area (Å²) in [6, 6.07) is 7.82. The van der Waals surface area contributed by atoms with E-state index in [0.29, 0.717) is 5.92 Å². The van der Waals surface area contributed by atoms with Crippen LogP contribution in [0.5, 0.6) is 11.5 Å². The number of rotatable bonds is 7. The lowest BCUT2D eigenvalue weighted by Crippen LogP contribution is -2.36. The largest absolute Gasteiger partial charge is 0.497 e. The predicted octanol–water partition coefficient (Wildman–Crippen LogP) is 3.41. The zero-order valence-corrected chi connectivity index (χ0v) is 12.9. The molecule has 1 aromatic carbocycles. The molecule has 0 unspecified atom stereocenters. The minimum Gasteiger partial charge on any atom is -0.497 e. The highest BCUT2D eigenvalue weighted by Crippen LogP contribution is 2.22. The molecule has 1 heterocycles. The van der Waals surface area contributed by atoms with Gasteiger partial charge in [-0.3, -0.25) is 0 Å². The van der Waals surface area contributed by atoms with Crippen molar-refractivity contribution in [2.24, 2.45) is 5.92 Å². The third-order valence-electron chi connectivity index (χ3n) is 3.84. The number of halogens is 1. The Morgan fingerprint density at radius 2 is 2.00 bits per heavy atom. The highest BCUT2D eigenvalue weighted by atomic mass is 35.5. The first-order valence-corrected chi connectivity index (χ1v) is 7.90. The second kappa shape index (κ2) is 8.38. The van der Waals surface area contributed by atoms with Crippen LogP contribution in [0.15, 0.2) is 24.3 Å². The molecule has 1 aliphatic rings. The van der Waals surface area contributed by atoms with Gasteiger partial charge in [0.15, 0.2) is 0 Å². The van der Waals surface area contributed by atoms with E-state index in [0.717, 1.165) is 37.0 Å². The Hall–Kier alpha value is -0.930. The van der Waals surface area contributed by atoms with Gasteiger partial charge in [-0.2, -0.15) is 0 Å². The van der Waals surface area contributed by atoms with Crippen LogP contribution in [0.2, 0.25) is 0 Å². The van der Waals surface area contributed by atoms with Gasteiger partial charge in [0.2, 0.25) is 0 Å². The van der Waals surface area contributed by atoms with Gasteiger partial charge >= 0.3 is 0 Å². The summed E-state index contributed by atoms with van der Waals surface area (Å²) < 4.78 is 11.1. The maximum Gasteiger partial charge on any atom is 0.122 e. The topological polar surface area (TPSA) is 21.7 Å². The molecule has 2 rings (SSSR count). The number of alkyl halides is 1. The second-order valence-electron chi connectivity index (χ2n) is 5.32. The number of hydrogen-bond donors (Lipinski definition) is 0. The van der Waals surface area contributed by atoms with E-state index in [-0.39, 0.29) is 0 Å². The molecule has 0 N–H and O–H groups in total. The van der Waals surface area contributed by atoms with Gasteiger partial charge in [-0.05, 0) is 56.9 Å². The highest BCUT2D eigenvalue weighted by Gasteiger charge is 2.19. The molecule has 1 aliphatic heterocycles. The Labute approximate surface area is 126 Å².